The second-order valence-corrected chi connectivity index (χ2v) is 6.93. The molecule has 0 saturated carbocycles. The molecule has 0 saturated heterocycles. The summed E-state index contributed by atoms with van der Waals surface area (Å²) in [6, 6.07) is 5.93. The number of nitrogens with zero attached hydrogens (tertiary/aromatic N) is 1. The third kappa shape index (κ3) is 3.43. The fraction of sp³-hybridized carbons (Fsp3) is 0.611. The largest absolute Gasteiger partial charge is 0.479 e. The highest BCUT2D eigenvalue weighted by molar-refractivity contribution is 5.99. The predicted molar refractivity (Wildman–Crippen MR) is 90.1 cm³/mol. The number of carbonyl (C=O) groups is 1. The minimum atomic E-state index is -0.427. The van der Waals surface area contributed by atoms with Gasteiger partial charge in [-0.1, -0.05) is 33.8 Å². The number of amides is 1. The van der Waals surface area contributed by atoms with Crippen LogP contribution in [-0.2, 0) is 4.79 Å². The molecule has 0 aliphatic carbocycles. The number of hydrogen-bond donors (Lipinski definition) is 1. The fourth-order valence-electron chi connectivity index (χ4n) is 2.63. The van der Waals surface area contributed by atoms with E-state index in [9.17, 15) is 4.79 Å². The normalized spacial score (nSPS) is 19.4. The molecule has 2 unspecified atom stereocenters. The lowest BCUT2D eigenvalue weighted by molar-refractivity contribution is -0.125. The number of ether oxygens (including phenoxy) is 1. The van der Waals surface area contributed by atoms with Gasteiger partial charge in [-0.3, -0.25) is 4.79 Å². The lowest BCUT2D eigenvalue weighted by atomic mass is 9.96. The Kier molecular flexibility index (Phi) is 5.12. The molecule has 1 aliphatic heterocycles. The van der Waals surface area contributed by atoms with Crippen molar-refractivity contribution in [2.24, 2.45) is 17.6 Å². The molecule has 22 heavy (non-hydrogen) atoms. The van der Waals surface area contributed by atoms with Crippen LogP contribution in [-0.4, -0.2) is 18.6 Å². The van der Waals surface area contributed by atoms with E-state index in [0.717, 1.165) is 30.0 Å². The summed E-state index contributed by atoms with van der Waals surface area (Å²) in [7, 11) is 0. The number of fused-ring (bicyclic) bond motifs is 1. The van der Waals surface area contributed by atoms with Crippen LogP contribution in [0.4, 0.5) is 5.69 Å². The molecule has 4 heteroatoms. The summed E-state index contributed by atoms with van der Waals surface area (Å²) in [5.41, 5.74) is 8.17. The van der Waals surface area contributed by atoms with Crippen molar-refractivity contribution < 1.29 is 9.53 Å². The highest BCUT2D eigenvalue weighted by Crippen LogP contribution is 2.37. The maximum absolute atomic E-state index is 12.5. The second kappa shape index (κ2) is 6.69. The van der Waals surface area contributed by atoms with Gasteiger partial charge in [0.25, 0.3) is 5.91 Å². The van der Waals surface area contributed by atoms with Crippen molar-refractivity contribution in [2.45, 2.75) is 53.2 Å². The molecule has 122 valence electrons. The Morgan fingerprint density at radius 3 is 2.55 bits per heavy atom. The minimum absolute atomic E-state index is 0.0309. The number of anilines is 1. The van der Waals surface area contributed by atoms with Gasteiger partial charge in [-0.25, -0.2) is 0 Å². The summed E-state index contributed by atoms with van der Waals surface area (Å²) in [5, 5.41) is 0. The smallest absolute Gasteiger partial charge is 0.267 e. The topological polar surface area (TPSA) is 55.6 Å². The van der Waals surface area contributed by atoms with Crippen molar-refractivity contribution in [1.29, 1.82) is 0 Å². The molecule has 1 aromatic carbocycles. The van der Waals surface area contributed by atoms with Crippen LogP contribution < -0.4 is 15.4 Å². The van der Waals surface area contributed by atoms with Gasteiger partial charge in [-0.2, -0.15) is 0 Å². The number of carbonyl (C=O) groups excluding carboxylic acids is 1. The first-order valence-corrected chi connectivity index (χ1v) is 8.18. The van der Waals surface area contributed by atoms with Crippen LogP contribution in [0, 0.1) is 11.8 Å². The molecule has 2 rings (SSSR count). The highest BCUT2D eigenvalue weighted by atomic mass is 16.5. The standard InChI is InChI=1S/C18H28N2O2/c1-11(2)8-9-20-15-10-14(17(19)12(3)4)6-7-16(15)22-13(5)18(20)21/h6-7,10-13,17H,8-9,19H2,1-5H3. The molecule has 1 amide bonds. The zero-order chi connectivity index (χ0) is 16.4. The van der Waals surface area contributed by atoms with Crippen LogP contribution in [0.1, 0.15) is 52.6 Å². The van der Waals surface area contributed by atoms with Crippen LogP contribution in [0.3, 0.4) is 0 Å². The second-order valence-electron chi connectivity index (χ2n) is 6.93. The van der Waals surface area contributed by atoms with E-state index in [-0.39, 0.29) is 11.9 Å². The van der Waals surface area contributed by atoms with Gasteiger partial charge in [0, 0.05) is 12.6 Å². The molecule has 0 spiro atoms. The minimum Gasteiger partial charge on any atom is -0.479 e. The van der Waals surface area contributed by atoms with Crippen molar-refractivity contribution in [3.05, 3.63) is 23.8 Å². The van der Waals surface area contributed by atoms with Crippen LogP contribution in [0.15, 0.2) is 18.2 Å². The van der Waals surface area contributed by atoms with Crippen LogP contribution in [0.5, 0.6) is 5.75 Å². The Morgan fingerprint density at radius 1 is 1.27 bits per heavy atom. The summed E-state index contributed by atoms with van der Waals surface area (Å²) in [6.45, 7) is 11.1. The van der Waals surface area contributed by atoms with Gasteiger partial charge in [0.05, 0.1) is 5.69 Å². The average molecular weight is 304 g/mol. The van der Waals surface area contributed by atoms with Crippen LogP contribution in [0.25, 0.3) is 0 Å². The van der Waals surface area contributed by atoms with E-state index in [1.165, 1.54) is 0 Å². The van der Waals surface area contributed by atoms with E-state index in [0.29, 0.717) is 11.8 Å². The summed E-state index contributed by atoms with van der Waals surface area (Å²) in [5.74, 6) is 1.70. The summed E-state index contributed by atoms with van der Waals surface area (Å²) < 4.78 is 5.74. The number of hydrogen-bond acceptors (Lipinski definition) is 3. The average Bonchev–Trinajstić information content (AvgIpc) is 2.46. The lowest BCUT2D eigenvalue weighted by Gasteiger charge is -2.34. The van der Waals surface area contributed by atoms with Crippen LogP contribution in [0.2, 0.25) is 0 Å². The molecule has 0 aromatic heterocycles. The van der Waals surface area contributed by atoms with E-state index in [2.05, 4.69) is 27.7 Å². The monoisotopic (exact) mass is 304 g/mol. The van der Waals surface area contributed by atoms with E-state index < -0.39 is 6.10 Å². The SMILES string of the molecule is CC(C)CCN1C(=O)C(C)Oc2ccc(C(N)C(C)C)cc21. The van der Waals surface area contributed by atoms with Gasteiger partial charge < -0.3 is 15.4 Å². The van der Waals surface area contributed by atoms with Gasteiger partial charge in [-0.15, -0.1) is 0 Å². The zero-order valence-electron chi connectivity index (χ0n) is 14.3. The van der Waals surface area contributed by atoms with E-state index >= 15 is 0 Å². The maximum atomic E-state index is 12.5. The van der Waals surface area contributed by atoms with E-state index in [1.54, 1.807) is 6.92 Å². The maximum Gasteiger partial charge on any atom is 0.267 e. The van der Waals surface area contributed by atoms with E-state index in [1.807, 2.05) is 23.1 Å². The van der Waals surface area contributed by atoms with Crippen LogP contribution >= 0.6 is 0 Å². The van der Waals surface area contributed by atoms with E-state index in [4.69, 9.17) is 10.5 Å². The van der Waals surface area contributed by atoms with Crippen molar-refractivity contribution in [1.82, 2.24) is 0 Å². The fourth-order valence-corrected chi connectivity index (χ4v) is 2.63. The molecule has 1 aromatic rings. The number of benzene rings is 1. The molecule has 2 atom stereocenters. The lowest BCUT2D eigenvalue weighted by Crippen LogP contribution is -2.45. The summed E-state index contributed by atoms with van der Waals surface area (Å²) in [4.78, 5) is 14.3. The molecule has 4 nitrogen and oxygen atoms in total. The van der Waals surface area contributed by atoms with Crippen molar-refractivity contribution in [2.75, 3.05) is 11.4 Å². The van der Waals surface area contributed by atoms with Gasteiger partial charge in [-0.05, 0) is 42.9 Å². The summed E-state index contributed by atoms with van der Waals surface area (Å²) >= 11 is 0. The molecule has 1 aliphatic rings. The zero-order valence-corrected chi connectivity index (χ0v) is 14.3. The first kappa shape index (κ1) is 16.8. The molecule has 0 fully saturated rings. The quantitative estimate of drug-likeness (QED) is 0.905. The number of rotatable bonds is 5. The predicted octanol–water partition coefficient (Wildman–Crippen LogP) is 3.50. The first-order chi connectivity index (χ1) is 10.3. The van der Waals surface area contributed by atoms with Gasteiger partial charge in [0.1, 0.15) is 5.75 Å². The Morgan fingerprint density at radius 2 is 1.95 bits per heavy atom. The third-order valence-electron chi connectivity index (χ3n) is 4.22. The van der Waals surface area contributed by atoms with Crippen molar-refractivity contribution in [3.8, 4) is 5.75 Å². The molecule has 0 bridgehead atoms. The number of nitrogens with two attached hydrogens (primary N) is 1. The van der Waals surface area contributed by atoms with Gasteiger partial charge in [0.15, 0.2) is 6.10 Å². The Balaban J connectivity index is 2.36. The first-order valence-electron chi connectivity index (χ1n) is 8.18. The van der Waals surface area contributed by atoms with Gasteiger partial charge in [0.2, 0.25) is 0 Å². The molecular weight excluding hydrogens is 276 g/mol. The molecule has 2 N–H and O–H groups in total. The molecule has 1 heterocycles. The molecular formula is C18H28N2O2. The van der Waals surface area contributed by atoms with Crippen molar-refractivity contribution >= 4 is 11.6 Å². The summed E-state index contributed by atoms with van der Waals surface area (Å²) in [6.07, 6.45) is 0.544. The third-order valence-corrected chi connectivity index (χ3v) is 4.22. The Hall–Kier alpha value is -1.55. The van der Waals surface area contributed by atoms with Gasteiger partial charge >= 0.3 is 0 Å². The Bertz CT molecular complexity index is 540. The highest BCUT2D eigenvalue weighted by Gasteiger charge is 2.31. The molecule has 0 radical (unpaired) electrons. The Labute approximate surface area is 133 Å². The van der Waals surface area contributed by atoms with Crippen molar-refractivity contribution in [3.63, 3.8) is 0 Å².